The Bertz CT molecular complexity index is 617. The fourth-order valence-corrected chi connectivity index (χ4v) is 3.60. The van der Waals surface area contributed by atoms with Gasteiger partial charge in [-0.05, 0) is 19.3 Å². The fourth-order valence-electron chi connectivity index (χ4n) is 3.60. The van der Waals surface area contributed by atoms with Crippen molar-refractivity contribution >= 4 is 11.8 Å². The van der Waals surface area contributed by atoms with Crippen molar-refractivity contribution in [1.29, 1.82) is 0 Å². The highest BCUT2D eigenvalue weighted by Gasteiger charge is 2.32. The van der Waals surface area contributed by atoms with Crippen LogP contribution in [0.15, 0.2) is 0 Å². The van der Waals surface area contributed by atoms with Gasteiger partial charge < -0.3 is 14.5 Å². The number of rotatable bonds is 4. The Balaban J connectivity index is 1.60. The number of likely N-dealkylation sites (tertiary alicyclic amines) is 1. The smallest absolute Gasteiger partial charge is 0.224 e. The maximum Gasteiger partial charge on any atom is 0.224 e. The van der Waals surface area contributed by atoms with Gasteiger partial charge >= 0.3 is 0 Å². The number of morpholine rings is 1. The SMILES string of the molecule is CCc1nc([C@@H]2CN(C(=O)C[C@@H]3CCCCN3C(C)=O)CCO2)n[nH]1. The van der Waals surface area contributed by atoms with E-state index in [1.807, 2.05) is 16.7 Å². The first-order valence-electron chi connectivity index (χ1n) is 9.16. The van der Waals surface area contributed by atoms with Crippen molar-refractivity contribution in [2.45, 2.75) is 58.1 Å². The Morgan fingerprint density at radius 3 is 2.88 bits per heavy atom. The minimum atomic E-state index is -0.287. The molecule has 1 aromatic heterocycles. The Morgan fingerprint density at radius 1 is 1.32 bits per heavy atom. The number of H-pyrrole nitrogens is 1. The summed E-state index contributed by atoms with van der Waals surface area (Å²) in [6.45, 7) is 5.87. The summed E-state index contributed by atoms with van der Waals surface area (Å²) in [6, 6.07) is 0.0234. The molecule has 2 aliphatic heterocycles. The summed E-state index contributed by atoms with van der Waals surface area (Å²) in [5.41, 5.74) is 0. The maximum absolute atomic E-state index is 12.8. The van der Waals surface area contributed by atoms with Crippen LogP contribution < -0.4 is 0 Å². The highest BCUT2D eigenvalue weighted by molar-refractivity contribution is 5.79. The van der Waals surface area contributed by atoms with Crippen molar-refractivity contribution in [2.24, 2.45) is 0 Å². The van der Waals surface area contributed by atoms with E-state index >= 15 is 0 Å². The highest BCUT2D eigenvalue weighted by atomic mass is 16.5. The summed E-state index contributed by atoms with van der Waals surface area (Å²) < 4.78 is 5.75. The Labute approximate surface area is 147 Å². The van der Waals surface area contributed by atoms with E-state index in [9.17, 15) is 9.59 Å². The second kappa shape index (κ2) is 7.95. The molecule has 3 rings (SSSR count). The molecular weight excluding hydrogens is 322 g/mol. The van der Waals surface area contributed by atoms with Gasteiger partial charge in [-0.2, -0.15) is 5.10 Å². The molecule has 2 saturated heterocycles. The lowest BCUT2D eigenvalue weighted by atomic mass is 9.98. The number of ether oxygens (including phenoxy) is 1. The molecule has 8 nitrogen and oxygen atoms in total. The predicted molar refractivity (Wildman–Crippen MR) is 90.7 cm³/mol. The number of amides is 2. The molecule has 0 unspecified atom stereocenters. The largest absolute Gasteiger partial charge is 0.366 e. The minimum Gasteiger partial charge on any atom is -0.366 e. The summed E-state index contributed by atoms with van der Waals surface area (Å²) in [7, 11) is 0. The zero-order valence-corrected chi connectivity index (χ0v) is 15.0. The lowest BCUT2D eigenvalue weighted by Crippen LogP contribution is -2.48. The van der Waals surface area contributed by atoms with Crippen LogP contribution in [0.3, 0.4) is 0 Å². The van der Waals surface area contributed by atoms with Crippen molar-refractivity contribution in [3.63, 3.8) is 0 Å². The second-order valence-electron chi connectivity index (χ2n) is 6.76. The lowest BCUT2D eigenvalue weighted by Gasteiger charge is -2.37. The number of piperidine rings is 1. The van der Waals surface area contributed by atoms with Crippen molar-refractivity contribution < 1.29 is 14.3 Å². The molecule has 0 aromatic carbocycles. The van der Waals surface area contributed by atoms with Crippen LogP contribution in [-0.2, 0) is 20.7 Å². The third-order valence-electron chi connectivity index (χ3n) is 5.03. The number of carbonyl (C=O) groups excluding carboxylic acids is 2. The first-order valence-corrected chi connectivity index (χ1v) is 9.16. The number of hydrogen-bond donors (Lipinski definition) is 1. The molecule has 2 fully saturated rings. The first-order chi connectivity index (χ1) is 12.1. The van der Waals surface area contributed by atoms with Crippen LogP contribution in [0, 0.1) is 0 Å². The number of aromatic amines is 1. The van der Waals surface area contributed by atoms with Gasteiger partial charge in [0.1, 0.15) is 11.9 Å². The average molecular weight is 349 g/mol. The Kier molecular flexibility index (Phi) is 5.67. The molecule has 2 aliphatic rings. The number of aryl methyl sites for hydroxylation is 1. The fraction of sp³-hybridized carbons (Fsp3) is 0.765. The van der Waals surface area contributed by atoms with Gasteiger partial charge in [-0.1, -0.05) is 6.92 Å². The summed E-state index contributed by atoms with van der Waals surface area (Å²) in [6.07, 6.45) is 3.88. The van der Waals surface area contributed by atoms with Gasteiger partial charge in [0.25, 0.3) is 0 Å². The predicted octanol–water partition coefficient (Wildman–Crippen LogP) is 1.06. The molecule has 0 saturated carbocycles. The van der Waals surface area contributed by atoms with Crippen molar-refractivity contribution in [3.05, 3.63) is 11.6 Å². The van der Waals surface area contributed by atoms with Crippen LogP contribution in [-0.4, -0.2) is 69.1 Å². The molecule has 1 aromatic rings. The monoisotopic (exact) mass is 349 g/mol. The van der Waals surface area contributed by atoms with Crippen molar-refractivity contribution in [2.75, 3.05) is 26.2 Å². The number of carbonyl (C=O) groups is 2. The Hall–Kier alpha value is -1.96. The quantitative estimate of drug-likeness (QED) is 0.877. The van der Waals surface area contributed by atoms with Crippen LogP contribution in [0.4, 0.5) is 0 Å². The molecule has 2 amide bonds. The molecule has 8 heteroatoms. The number of aromatic nitrogens is 3. The van der Waals surface area contributed by atoms with Crippen LogP contribution in [0.2, 0.25) is 0 Å². The number of nitrogens with one attached hydrogen (secondary N) is 1. The van der Waals surface area contributed by atoms with Gasteiger partial charge in [0, 0.05) is 38.9 Å². The minimum absolute atomic E-state index is 0.0234. The molecule has 2 atom stereocenters. The number of hydrogen-bond acceptors (Lipinski definition) is 5. The van der Waals surface area contributed by atoms with E-state index in [0.29, 0.717) is 31.9 Å². The molecule has 1 N–H and O–H groups in total. The normalized spacial score (nSPS) is 24.4. The third-order valence-corrected chi connectivity index (χ3v) is 5.03. The molecule has 0 aliphatic carbocycles. The summed E-state index contributed by atoms with van der Waals surface area (Å²) in [4.78, 5) is 32.6. The maximum atomic E-state index is 12.8. The highest BCUT2D eigenvalue weighted by Crippen LogP contribution is 2.23. The van der Waals surface area contributed by atoms with Gasteiger partial charge in [0.05, 0.1) is 13.2 Å². The van der Waals surface area contributed by atoms with E-state index in [1.165, 1.54) is 0 Å². The van der Waals surface area contributed by atoms with Gasteiger partial charge in [0.2, 0.25) is 11.8 Å². The summed E-state index contributed by atoms with van der Waals surface area (Å²) >= 11 is 0. The van der Waals surface area contributed by atoms with Crippen LogP contribution in [0.5, 0.6) is 0 Å². The summed E-state index contributed by atoms with van der Waals surface area (Å²) in [5, 5.41) is 7.10. The van der Waals surface area contributed by atoms with E-state index < -0.39 is 0 Å². The van der Waals surface area contributed by atoms with Gasteiger partial charge in [-0.25, -0.2) is 4.98 Å². The molecule has 0 spiro atoms. The van der Waals surface area contributed by atoms with Gasteiger partial charge in [-0.15, -0.1) is 0 Å². The molecule has 25 heavy (non-hydrogen) atoms. The van der Waals surface area contributed by atoms with E-state index in [0.717, 1.165) is 38.1 Å². The molecule has 0 radical (unpaired) electrons. The van der Waals surface area contributed by atoms with Crippen molar-refractivity contribution in [1.82, 2.24) is 25.0 Å². The molecule has 3 heterocycles. The molecule has 138 valence electrons. The first kappa shape index (κ1) is 17.8. The van der Waals surface area contributed by atoms with Crippen LogP contribution >= 0.6 is 0 Å². The second-order valence-corrected chi connectivity index (χ2v) is 6.76. The van der Waals surface area contributed by atoms with Gasteiger partial charge in [0.15, 0.2) is 5.82 Å². The molecule has 0 bridgehead atoms. The third kappa shape index (κ3) is 4.18. The zero-order valence-electron chi connectivity index (χ0n) is 15.0. The molecular formula is C17H27N5O3. The zero-order chi connectivity index (χ0) is 17.8. The lowest BCUT2D eigenvalue weighted by molar-refractivity contribution is -0.142. The number of nitrogens with zero attached hydrogens (tertiary/aromatic N) is 4. The van der Waals surface area contributed by atoms with Crippen molar-refractivity contribution in [3.8, 4) is 0 Å². The van der Waals surface area contributed by atoms with E-state index in [1.54, 1.807) is 6.92 Å². The average Bonchev–Trinajstić information content (AvgIpc) is 3.11. The van der Waals surface area contributed by atoms with E-state index in [-0.39, 0.29) is 24.0 Å². The Morgan fingerprint density at radius 2 is 2.16 bits per heavy atom. The van der Waals surface area contributed by atoms with Gasteiger partial charge in [-0.3, -0.25) is 14.7 Å². The topological polar surface area (TPSA) is 91.4 Å². The van der Waals surface area contributed by atoms with E-state index in [4.69, 9.17) is 4.74 Å². The standard InChI is InChI=1S/C17H27N5O3/c1-3-15-18-17(20-19-15)14-11-21(8-9-25-14)16(24)10-13-6-4-5-7-22(13)12(2)23/h13-14H,3-11H2,1-2H3,(H,18,19,20)/t13-,14-/m0/s1. The van der Waals surface area contributed by atoms with Crippen LogP contribution in [0.1, 0.15) is 57.3 Å². The van der Waals surface area contributed by atoms with E-state index in [2.05, 4.69) is 15.2 Å². The van der Waals surface area contributed by atoms with Crippen LogP contribution in [0.25, 0.3) is 0 Å². The summed E-state index contributed by atoms with van der Waals surface area (Å²) in [5.74, 6) is 1.57.